The molecule has 0 aliphatic rings. The van der Waals surface area contributed by atoms with Crippen LogP contribution in [0.4, 0.5) is 0 Å². The first-order valence-corrected chi connectivity index (χ1v) is 9.83. The van der Waals surface area contributed by atoms with Crippen LogP contribution in [0.1, 0.15) is 31.2 Å². The van der Waals surface area contributed by atoms with E-state index in [0.29, 0.717) is 22.7 Å². The molecule has 0 saturated carbocycles. The lowest BCUT2D eigenvalue weighted by molar-refractivity contribution is 0.678. The molecule has 28 heavy (non-hydrogen) atoms. The highest BCUT2D eigenvalue weighted by Gasteiger charge is 2.14. The molecule has 0 aliphatic heterocycles. The minimum absolute atomic E-state index is 0.367. The van der Waals surface area contributed by atoms with E-state index in [1.807, 2.05) is 27.6 Å². The molecule has 0 bridgehead atoms. The van der Waals surface area contributed by atoms with E-state index in [9.17, 15) is 0 Å². The monoisotopic (exact) mass is 415 g/mol. The lowest BCUT2D eigenvalue weighted by Crippen LogP contribution is -2.06. The van der Waals surface area contributed by atoms with Gasteiger partial charge in [0.25, 0.3) is 0 Å². The number of halogens is 2. The average molecular weight is 416 g/mol. The van der Waals surface area contributed by atoms with Gasteiger partial charge in [0, 0.05) is 30.1 Å². The molecule has 0 spiro atoms. The normalized spacial score (nSPS) is 11.2. The third-order valence-electron chi connectivity index (χ3n) is 4.59. The molecule has 0 unspecified atom stereocenters. The van der Waals surface area contributed by atoms with Crippen LogP contribution in [-0.2, 0) is 13.0 Å². The smallest absolute Gasteiger partial charge is 0.180 e. The molecule has 0 saturated heterocycles. The highest BCUT2D eigenvalue weighted by molar-refractivity contribution is 6.40. The quantitative estimate of drug-likeness (QED) is 0.480. The number of imidazole rings is 1. The van der Waals surface area contributed by atoms with E-state index >= 15 is 0 Å². The minimum atomic E-state index is 0.367. The van der Waals surface area contributed by atoms with Gasteiger partial charge >= 0.3 is 0 Å². The average Bonchev–Trinajstić information content (AvgIpc) is 3.44. The summed E-state index contributed by atoms with van der Waals surface area (Å²) in [6.45, 7) is 2.79. The molecule has 3 heterocycles. The molecule has 0 fully saturated rings. The zero-order chi connectivity index (χ0) is 19.5. The maximum absolute atomic E-state index is 6.37. The van der Waals surface area contributed by atoms with Crippen LogP contribution in [0.25, 0.3) is 17.1 Å². The Hall–Kier alpha value is -2.64. The number of aryl methyl sites for hydroxylation is 1. The molecule has 3 aromatic heterocycles. The summed E-state index contributed by atoms with van der Waals surface area (Å²) in [5, 5.41) is 14.8. The Morgan fingerprint density at radius 3 is 2.64 bits per heavy atom. The highest BCUT2D eigenvalue weighted by atomic mass is 35.5. The number of unbranched alkanes of at least 4 members (excludes halogenated alkanes) is 1. The first kappa shape index (κ1) is 18.7. The van der Waals surface area contributed by atoms with Gasteiger partial charge in [-0.3, -0.25) is 0 Å². The molecular formula is C19H19Cl2N7. The van der Waals surface area contributed by atoms with Crippen LogP contribution < -0.4 is 0 Å². The Labute approximate surface area is 172 Å². The zero-order valence-corrected chi connectivity index (χ0v) is 16.8. The van der Waals surface area contributed by atoms with Crippen molar-refractivity contribution in [3.63, 3.8) is 0 Å². The molecule has 1 aromatic carbocycles. The maximum Gasteiger partial charge on any atom is 0.180 e. The topological polar surface area (TPSA) is 77.2 Å². The van der Waals surface area contributed by atoms with E-state index in [1.165, 1.54) is 0 Å². The van der Waals surface area contributed by atoms with Crippen molar-refractivity contribution in [1.82, 2.24) is 34.7 Å². The first-order valence-electron chi connectivity index (χ1n) is 9.07. The SMILES string of the molecule is CCCCc1nc(Cl)c(Cl)n1Cc1ccc(-n2ccc(-c3nnn[nH]3)c2)cc1. The lowest BCUT2D eigenvalue weighted by Gasteiger charge is -2.10. The molecule has 9 heteroatoms. The van der Waals surface area contributed by atoms with E-state index in [1.54, 1.807) is 0 Å². The van der Waals surface area contributed by atoms with Crippen molar-refractivity contribution in [1.29, 1.82) is 0 Å². The number of H-pyrrole nitrogens is 1. The van der Waals surface area contributed by atoms with Crippen LogP contribution in [0.5, 0.6) is 0 Å². The molecule has 0 radical (unpaired) electrons. The largest absolute Gasteiger partial charge is 0.323 e. The second-order valence-electron chi connectivity index (χ2n) is 6.52. The Balaban J connectivity index is 1.53. The third-order valence-corrected chi connectivity index (χ3v) is 5.33. The van der Waals surface area contributed by atoms with Gasteiger partial charge in [0.2, 0.25) is 0 Å². The number of benzene rings is 1. The van der Waals surface area contributed by atoms with Gasteiger partial charge in [0.15, 0.2) is 11.0 Å². The van der Waals surface area contributed by atoms with Crippen LogP contribution in [0.3, 0.4) is 0 Å². The molecule has 4 aromatic rings. The van der Waals surface area contributed by atoms with E-state index in [2.05, 4.69) is 56.8 Å². The number of nitrogens with zero attached hydrogens (tertiary/aromatic N) is 6. The predicted octanol–water partition coefficient (Wildman–Crippen LogP) is 4.55. The molecule has 1 N–H and O–H groups in total. The third kappa shape index (κ3) is 3.81. The number of rotatable bonds is 7. The Kier molecular flexibility index (Phi) is 5.45. The Bertz CT molecular complexity index is 1050. The summed E-state index contributed by atoms with van der Waals surface area (Å²) in [5.41, 5.74) is 3.10. The standard InChI is InChI=1S/C19H19Cl2N7/c1-2-3-4-16-22-17(20)18(21)28(16)11-13-5-7-15(8-6-13)27-10-9-14(12-27)19-23-25-26-24-19/h5-10,12H,2-4,11H2,1H3,(H,23,24,25,26). The maximum atomic E-state index is 6.37. The van der Waals surface area contributed by atoms with Gasteiger partial charge < -0.3 is 9.13 Å². The lowest BCUT2D eigenvalue weighted by atomic mass is 10.2. The van der Waals surface area contributed by atoms with Crippen molar-refractivity contribution in [3.05, 3.63) is 64.4 Å². The van der Waals surface area contributed by atoms with Crippen molar-refractivity contribution >= 4 is 23.2 Å². The summed E-state index contributed by atoms with van der Waals surface area (Å²) in [7, 11) is 0. The van der Waals surface area contributed by atoms with Gasteiger partial charge in [-0.05, 0) is 40.6 Å². The van der Waals surface area contributed by atoms with E-state index < -0.39 is 0 Å². The minimum Gasteiger partial charge on any atom is -0.323 e. The van der Waals surface area contributed by atoms with E-state index in [-0.39, 0.29) is 0 Å². The second-order valence-corrected chi connectivity index (χ2v) is 7.24. The van der Waals surface area contributed by atoms with Crippen LogP contribution >= 0.6 is 23.2 Å². The van der Waals surface area contributed by atoms with Crippen molar-refractivity contribution in [2.75, 3.05) is 0 Å². The van der Waals surface area contributed by atoms with E-state index in [0.717, 1.165) is 41.9 Å². The van der Waals surface area contributed by atoms with Gasteiger partial charge in [0.1, 0.15) is 11.0 Å². The molecule has 0 aliphatic carbocycles. The second kappa shape index (κ2) is 8.16. The summed E-state index contributed by atoms with van der Waals surface area (Å²) < 4.78 is 4.01. The Morgan fingerprint density at radius 1 is 1.11 bits per heavy atom. The van der Waals surface area contributed by atoms with Crippen LogP contribution in [-0.4, -0.2) is 34.7 Å². The summed E-state index contributed by atoms with van der Waals surface area (Å²) in [5.74, 6) is 1.57. The number of hydrogen-bond donors (Lipinski definition) is 1. The molecular weight excluding hydrogens is 397 g/mol. The number of aromatic amines is 1. The summed E-state index contributed by atoms with van der Waals surface area (Å²) >= 11 is 12.5. The number of nitrogens with one attached hydrogen (secondary N) is 1. The summed E-state index contributed by atoms with van der Waals surface area (Å²) in [4.78, 5) is 4.41. The van der Waals surface area contributed by atoms with Crippen molar-refractivity contribution in [3.8, 4) is 17.1 Å². The number of aromatic nitrogens is 7. The first-order chi connectivity index (χ1) is 13.7. The van der Waals surface area contributed by atoms with Gasteiger partial charge in [-0.2, -0.15) is 0 Å². The summed E-state index contributed by atoms with van der Waals surface area (Å²) in [6.07, 6.45) is 6.97. The fraction of sp³-hybridized carbons (Fsp3) is 0.263. The van der Waals surface area contributed by atoms with Gasteiger partial charge in [-0.25, -0.2) is 10.1 Å². The summed E-state index contributed by atoms with van der Waals surface area (Å²) in [6, 6.07) is 10.3. The van der Waals surface area contributed by atoms with Crippen molar-refractivity contribution in [2.24, 2.45) is 0 Å². The zero-order valence-electron chi connectivity index (χ0n) is 15.3. The molecule has 4 rings (SSSR count). The van der Waals surface area contributed by atoms with E-state index in [4.69, 9.17) is 23.2 Å². The number of hydrogen-bond acceptors (Lipinski definition) is 4. The molecule has 0 amide bonds. The molecule has 7 nitrogen and oxygen atoms in total. The Morgan fingerprint density at radius 2 is 1.93 bits per heavy atom. The van der Waals surface area contributed by atoms with Gasteiger partial charge in [0.05, 0.1) is 6.54 Å². The van der Waals surface area contributed by atoms with Crippen LogP contribution in [0, 0.1) is 0 Å². The molecule has 144 valence electrons. The van der Waals surface area contributed by atoms with Gasteiger partial charge in [-0.15, -0.1) is 5.10 Å². The number of tetrazole rings is 1. The van der Waals surface area contributed by atoms with Gasteiger partial charge in [-0.1, -0.05) is 48.7 Å². The fourth-order valence-electron chi connectivity index (χ4n) is 3.07. The molecule has 0 atom stereocenters. The predicted molar refractivity (Wildman–Crippen MR) is 109 cm³/mol. The van der Waals surface area contributed by atoms with Crippen molar-refractivity contribution in [2.45, 2.75) is 32.7 Å². The van der Waals surface area contributed by atoms with Crippen molar-refractivity contribution < 1.29 is 0 Å². The van der Waals surface area contributed by atoms with Crippen LogP contribution in [0.2, 0.25) is 10.3 Å². The fourth-order valence-corrected chi connectivity index (χ4v) is 3.46. The highest BCUT2D eigenvalue weighted by Crippen LogP contribution is 2.25. The van der Waals surface area contributed by atoms with Crippen LogP contribution in [0.15, 0.2) is 42.7 Å².